The minimum Gasteiger partial charge on any atom is -0.171 e. The van der Waals surface area contributed by atoms with Crippen LogP contribution >= 0.6 is 0 Å². The topological polar surface area (TPSA) is 0 Å². The number of halogens is 18. The van der Waals surface area contributed by atoms with Gasteiger partial charge in [0.05, 0.1) is 23.2 Å². The van der Waals surface area contributed by atoms with Gasteiger partial charge in [-0.2, -0.15) is 79.0 Å². The Kier molecular flexibility index (Phi) is 38.9. The lowest BCUT2D eigenvalue weighted by Gasteiger charge is -2.40. The quantitative estimate of drug-likeness (QED) is 0.181. The predicted molar refractivity (Wildman–Crippen MR) is 261 cm³/mol. The molecule has 71 heavy (non-hydrogen) atoms. The summed E-state index contributed by atoms with van der Waals surface area (Å²) in [4.78, 5) is 0. The molecule has 0 amide bonds. The second kappa shape index (κ2) is 33.0. The Labute approximate surface area is 421 Å². The van der Waals surface area contributed by atoms with Crippen LogP contribution in [0.15, 0.2) is 0 Å². The zero-order chi connectivity index (χ0) is 59.9. The zero-order valence-electron chi connectivity index (χ0n) is 48.7. The van der Waals surface area contributed by atoms with Crippen LogP contribution in [0.3, 0.4) is 0 Å². The van der Waals surface area contributed by atoms with Crippen molar-refractivity contribution in [3.05, 3.63) is 0 Å². The summed E-state index contributed by atoms with van der Waals surface area (Å²) in [5.74, 6) is -4.41. The molecule has 0 radical (unpaired) electrons. The second-order valence-electron chi connectivity index (χ2n) is 24.3. The van der Waals surface area contributed by atoms with Crippen LogP contribution in [0.25, 0.3) is 0 Å². The van der Waals surface area contributed by atoms with Crippen molar-refractivity contribution in [1.29, 1.82) is 0 Å². The highest BCUT2D eigenvalue weighted by Crippen LogP contribution is 2.50. The largest absolute Gasteiger partial charge is 0.394 e. The highest BCUT2D eigenvalue weighted by Gasteiger charge is 2.54. The molecule has 440 valence electrons. The van der Waals surface area contributed by atoms with Crippen LogP contribution in [0.1, 0.15) is 225 Å². The average Bonchev–Trinajstić information content (AvgIpc) is 3.12. The number of hydrogen-bond donors (Lipinski definition) is 0. The molecule has 0 aliphatic heterocycles. The second-order valence-corrected chi connectivity index (χ2v) is 24.3. The van der Waals surface area contributed by atoms with E-state index in [1.165, 1.54) is 34.6 Å². The van der Waals surface area contributed by atoms with Gasteiger partial charge in [-0.25, -0.2) is 0 Å². The Bertz CT molecular complexity index is 1210. The maximum absolute atomic E-state index is 12.3. The summed E-state index contributed by atoms with van der Waals surface area (Å²) in [6.07, 6.45) is -23.1. The van der Waals surface area contributed by atoms with Crippen molar-refractivity contribution in [3.8, 4) is 0 Å². The Morgan fingerprint density at radius 3 is 0.662 bits per heavy atom. The van der Waals surface area contributed by atoms with Crippen molar-refractivity contribution in [2.45, 2.75) is 263 Å². The summed E-state index contributed by atoms with van der Waals surface area (Å²) in [7, 11) is 0. The van der Waals surface area contributed by atoms with Gasteiger partial charge >= 0.3 is 37.1 Å². The normalized spacial score (nSPS) is 16.1. The van der Waals surface area contributed by atoms with E-state index in [4.69, 9.17) is 0 Å². The van der Waals surface area contributed by atoms with Crippen molar-refractivity contribution >= 4 is 0 Å². The average molecular weight is 1080 g/mol. The zero-order valence-corrected chi connectivity index (χ0v) is 48.7. The third kappa shape index (κ3) is 43.7. The Morgan fingerprint density at radius 2 is 0.606 bits per heavy atom. The van der Waals surface area contributed by atoms with Crippen LogP contribution in [-0.4, -0.2) is 37.1 Å². The Morgan fingerprint density at radius 1 is 0.338 bits per heavy atom. The van der Waals surface area contributed by atoms with E-state index in [1.807, 2.05) is 27.7 Å². The van der Waals surface area contributed by atoms with Crippen LogP contribution in [0.5, 0.6) is 0 Å². The fourth-order valence-corrected chi connectivity index (χ4v) is 4.42. The lowest BCUT2D eigenvalue weighted by atomic mass is 9.69. The van der Waals surface area contributed by atoms with Gasteiger partial charge in [0.2, 0.25) is 0 Å². The van der Waals surface area contributed by atoms with Crippen molar-refractivity contribution in [2.75, 3.05) is 0 Å². The molecule has 0 N–H and O–H groups in total. The SMILES string of the molecule is CC(C)(C)C(C)(C)C.CC(C)(C)C(C)(C)C(F)(F)F.CC(C)[C@@H](C)C(C)C(F)(F)F.CC(C)[C@@H](C)C(C)C(F)(F)F.CCC(C)(C)CC(F)(F)F.CCC(C)[C@@H](C)C(F)(F)F.CCC(CC)CC(F)(F)F. The fraction of sp³-hybridized carbons (Fsp3) is 1.00. The number of rotatable bonds is 11. The molecule has 0 aromatic heterocycles. The summed E-state index contributed by atoms with van der Waals surface area (Å²) in [5.41, 5.74) is -2.09. The molecule has 18 heteroatoms. The molecular formula is C53H102F18. The smallest absolute Gasteiger partial charge is 0.171 e. The number of hydrogen-bond acceptors (Lipinski definition) is 0. The first-order chi connectivity index (χ1) is 30.4. The third-order valence-corrected chi connectivity index (χ3v) is 14.9. The molecule has 6 atom stereocenters. The van der Waals surface area contributed by atoms with Gasteiger partial charge in [-0.3, -0.25) is 0 Å². The van der Waals surface area contributed by atoms with Crippen molar-refractivity contribution in [2.24, 2.45) is 80.3 Å². The highest BCUT2D eigenvalue weighted by atomic mass is 19.4. The summed E-state index contributed by atoms with van der Waals surface area (Å²) in [6, 6.07) is 0. The first-order valence-electron chi connectivity index (χ1n) is 24.8. The van der Waals surface area contributed by atoms with Gasteiger partial charge in [-0.15, -0.1) is 0 Å². The monoisotopic (exact) mass is 1080 g/mol. The Balaban J connectivity index is -0.000000135. The van der Waals surface area contributed by atoms with Gasteiger partial charge in [0.25, 0.3) is 0 Å². The first-order valence-corrected chi connectivity index (χ1v) is 24.8. The Hall–Kier alpha value is -1.26. The van der Waals surface area contributed by atoms with Gasteiger partial charge < -0.3 is 0 Å². The lowest BCUT2D eigenvalue weighted by Crippen LogP contribution is -2.43. The van der Waals surface area contributed by atoms with Crippen LogP contribution in [-0.2, 0) is 0 Å². The van der Waals surface area contributed by atoms with Crippen LogP contribution in [0.4, 0.5) is 79.0 Å². The molecule has 0 bridgehead atoms. The molecule has 0 aliphatic carbocycles. The summed E-state index contributed by atoms with van der Waals surface area (Å²) in [6.45, 7) is 47.1. The van der Waals surface area contributed by atoms with Crippen LogP contribution < -0.4 is 0 Å². The summed E-state index contributed by atoms with van der Waals surface area (Å²) in [5, 5.41) is 0. The van der Waals surface area contributed by atoms with E-state index in [-0.39, 0.29) is 35.5 Å². The van der Waals surface area contributed by atoms with Crippen LogP contribution in [0, 0.1) is 80.3 Å². The van der Waals surface area contributed by atoms with Crippen molar-refractivity contribution in [1.82, 2.24) is 0 Å². The third-order valence-electron chi connectivity index (χ3n) is 14.9. The van der Waals surface area contributed by atoms with Gasteiger partial charge in [0, 0.05) is 12.8 Å². The van der Waals surface area contributed by atoms with E-state index in [9.17, 15) is 79.0 Å². The van der Waals surface area contributed by atoms with Gasteiger partial charge in [-0.1, -0.05) is 213 Å². The highest BCUT2D eigenvalue weighted by molar-refractivity contribution is 4.88. The standard InChI is InChI=1S/3C8H15F3.C8H18.3C7H13F3/c1-6(2,3)7(4,5)8(9,10)11;2*1-5(2)6(3)7(4)8(9,10)11;1-7(2,3)8(4,5)6;1-4-6(2,3)5-7(8,9)10;1-4-5(2)6(3)7(8,9)10;1-3-6(4-2)5-7(8,9)10/h1-5H3;2*5-7H,1-4H3;1-6H3;4-5H2,1-3H3;5-6H,4H2,1-3H3;6H,3-5H2,1-2H3/t;2*6-,7?;;;5?,6-;/m.11..1./s1. The molecule has 0 aromatic rings. The maximum Gasteiger partial charge on any atom is 0.394 e. The van der Waals surface area contributed by atoms with E-state index < -0.39 is 83.9 Å². The molecule has 0 nitrogen and oxygen atoms in total. The molecule has 0 saturated carbocycles. The maximum atomic E-state index is 12.3. The predicted octanol–water partition coefficient (Wildman–Crippen LogP) is 23.6. The number of alkyl halides is 18. The fourth-order valence-electron chi connectivity index (χ4n) is 4.42. The summed E-state index contributed by atoms with van der Waals surface area (Å²) >= 11 is 0. The van der Waals surface area contributed by atoms with Crippen molar-refractivity contribution < 1.29 is 79.0 Å². The van der Waals surface area contributed by atoms with Gasteiger partial charge in [-0.05, 0) is 57.2 Å². The minimum atomic E-state index is -4.12. The molecule has 0 aromatic carbocycles. The van der Waals surface area contributed by atoms with E-state index in [2.05, 4.69) is 41.5 Å². The first kappa shape index (κ1) is 83.7. The molecule has 0 saturated heterocycles. The van der Waals surface area contributed by atoms with Crippen molar-refractivity contribution in [3.63, 3.8) is 0 Å². The minimum absolute atomic E-state index is 0.0895. The lowest BCUT2D eigenvalue weighted by molar-refractivity contribution is -0.243. The molecular weight excluding hydrogens is 979 g/mol. The molecule has 0 heterocycles. The van der Waals surface area contributed by atoms with Crippen LogP contribution in [0.2, 0.25) is 0 Å². The van der Waals surface area contributed by atoms with E-state index in [1.54, 1.807) is 83.1 Å². The molecule has 0 spiro atoms. The van der Waals surface area contributed by atoms with E-state index in [0.29, 0.717) is 36.5 Å². The molecule has 0 rings (SSSR count). The molecule has 0 aliphatic rings. The summed E-state index contributed by atoms with van der Waals surface area (Å²) < 4.78 is 215. The van der Waals surface area contributed by atoms with Gasteiger partial charge in [0.15, 0.2) is 0 Å². The van der Waals surface area contributed by atoms with E-state index in [0.717, 1.165) is 0 Å². The molecule has 3 unspecified atom stereocenters. The molecule has 0 fully saturated rings. The van der Waals surface area contributed by atoms with E-state index >= 15 is 0 Å². The van der Waals surface area contributed by atoms with Gasteiger partial charge in [0.1, 0.15) is 0 Å².